The summed E-state index contributed by atoms with van der Waals surface area (Å²) in [4.78, 5) is 0. The van der Waals surface area contributed by atoms with Crippen molar-refractivity contribution in [1.29, 1.82) is 0 Å². The van der Waals surface area contributed by atoms with Gasteiger partial charge in [-0.25, -0.2) is 0 Å². The highest BCUT2D eigenvalue weighted by Crippen LogP contribution is 2.16. The van der Waals surface area contributed by atoms with Crippen molar-refractivity contribution in [3.05, 3.63) is 0 Å². The summed E-state index contributed by atoms with van der Waals surface area (Å²) < 4.78 is 0. The molecule has 0 unspecified atom stereocenters. The molecule has 3 aliphatic carbocycles. The van der Waals surface area contributed by atoms with Gasteiger partial charge in [-0.2, -0.15) is 0 Å². The van der Waals surface area contributed by atoms with Crippen LogP contribution in [0.15, 0.2) is 0 Å². The molecule has 0 radical (unpaired) electrons. The number of hydrogen-bond acceptors (Lipinski definition) is 0. The standard InChI is InChI=1S/3C6H12.3C6H14/c3*1-2-4-6-5-3-1;3*1-3-5-6-4-2/h3*1-6H2;3*3-6H2,1-2H3. The lowest BCUT2D eigenvalue weighted by molar-refractivity contribution is 0.504. The Morgan fingerprint density at radius 3 is 0.333 bits per heavy atom. The summed E-state index contributed by atoms with van der Waals surface area (Å²) in [5.41, 5.74) is 0. The molecule has 0 heteroatoms. The van der Waals surface area contributed by atoms with Crippen molar-refractivity contribution >= 4 is 0 Å². The Balaban J connectivity index is -0.000000363. The quantitative estimate of drug-likeness (QED) is 0.270. The topological polar surface area (TPSA) is 0 Å². The third-order valence-corrected chi connectivity index (χ3v) is 7.37. The molecule has 0 atom stereocenters. The van der Waals surface area contributed by atoms with Gasteiger partial charge in [0.2, 0.25) is 0 Å². The van der Waals surface area contributed by atoms with Gasteiger partial charge in [0.05, 0.1) is 0 Å². The molecule has 0 aromatic heterocycles. The Labute approximate surface area is 234 Å². The lowest BCUT2D eigenvalue weighted by atomic mass is 10.0. The zero-order valence-corrected chi connectivity index (χ0v) is 27.2. The molecule has 0 aromatic rings. The van der Waals surface area contributed by atoms with Gasteiger partial charge in [0.15, 0.2) is 0 Å². The number of rotatable bonds is 9. The van der Waals surface area contributed by atoms with Crippen LogP contribution < -0.4 is 0 Å². The van der Waals surface area contributed by atoms with E-state index in [1.54, 1.807) is 0 Å². The van der Waals surface area contributed by atoms with Gasteiger partial charge in [-0.1, -0.05) is 234 Å². The van der Waals surface area contributed by atoms with Crippen LogP contribution in [0, 0.1) is 0 Å². The van der Waals surface area contributed by atoms with Gasteiger partial charge >= 0.3 is 0 Å². The Hall–Kier alpha value is 0. The van der Waals surface area contributed by atoms with Crippen molar-refractivity contribution in [2.75, 3.05) is 0 Å². The third-order valence-electron chi connectivity index (χ3n) is 7.37. The van der Waals surface area contributed by atoms with Crippen molar-refractivity contribution in [1.82, 2.24) is 0 Å². The second-order valence-electron chi connectivity index (χ2n) is 11.5. The fourth-order valence-electron chi connectivity index (χ4n) is 4.68. The normalized spacial score (nSPS) is 16.5. The van der Waals surface area contributed by atoms with Crippen molar-refractivity contribution in [2.45, 2.75) is 234 Å². The summed E-state index contributed by atoms with van der Waals surface area (Å²) in [7, 11) is 0. The first-order valence-corrected chi connectivity index (χ1v) is 17.7. The maximum absolute atomic E-state index is 2.23. The molecule has 0 N–H and O–H groups in total. The lowest BCUT2D eigenvalue weighted by Crippen LogP contribution is -1.85. The first-order valence-electron chi connectivity index (χ1n) is 17.7. The van der Waals surface area contributed by atoms with Gasteiger partial charge in [-0.15, -0.1) is 0 Å². The minimum absolute atomic E-state index is 1.36. The molecule has 0 saturated heterocycles. The van der Waals surface area contributed by atoms with E-state index in [1.165, 1.54) is 193 Å². The highest BCUT2D eigenvalue weighted by Gasteiger charge is 1.96. The molecule has 0 bridgehead atoms. The van der Waals surface area contributed by atoms with Gasteiger partial charge in [0, 0.05) is 0 Å². The van der Waals surface area contributed by atoms with E-state index in [4.69, 9.17) is 0 Å². The van der Waals surface area contributed by atoms with Crippen LogP contribution in [0.25, 0.3) is 0 Å². The number of unbranched alkanes of at least 4 members (excludes halogenated alkanes) is 9. The zero-order valence-electron chi connectivity index (χ0n) is 27.2. The summed E-state index contributed by atoms with van der Waals surface area (Å²) in [6.07, 6.45) is 43.6. The summed E-state index contributed by atoms with van der Waals surface area (Å²) in [6.45, 7) is 13.4. The van der Waals surface area contributed by atoms with E-state index in [-0.39, 0.29) is 0 Å². The Kier molecular flexibility index (Phi) is 50.6. The average molecular weight is 511 g/mol. The lowest BCUT2D eigenvalue weighted by Gasteiger charge is -2.05. The average Bonchev–Trinajstić information content (AvgIpc) is 2.98. The maximum Gasteiger partial charge on any atom is -0.0533 e. The predicted octanol–water partition coefficient (Wildman–Crippen LogP) is 14.8. The summed E-state index contributed by atoms with van der Waals surface area (Å²) in [6, 6.07) is 0. The molecule has 0 nitrogen and oxygen atoms in total. The smallest absolute Gasteiger partial charge is 0.0533 e. The Bertz CT molecular complexity index is 188. The molecule has 0 heterocycles. The minimum Gasteiger partial charge on any atom is -0.0654 e. The molecule has 3 fully saturated rings. The van der Waals surface area contributed by atoms with Crippen molar-refractivity contribution in [3.8, 4) is 0 Å². The molecule has 222 valence electrons. The zero-order chi connectivity index (χ0) is 27.2. The molecular weight excluding hydrogens is 432 g/mol. The van der Waals surface area contributed by atoms with E-state index >= 15 is 0 Å². The van der Waals surface area contributed by atoms with Crippen LogP contribution in [0.2, 0.25) is 0 Å². The van der Waals surface area contributed by atoms with E-state index in [1.807, 2.05) is 0 Å². The van der Waals surface area contributed by atoms with Crippen LogP contribution in [0.3, 0.4) is 0 Å². The van der Waals surface area contributed by atoms with Crippen LogP contribution in [-0.2, 0) is 0 Å². The van der Waals surface area contributed by atoms with E-state index in [0.29, 0.717) is 0 Å². The van der Waals surface area contributed by atoms with Crippen molar-refractivity contribution < 1.29 is 0 Å². The Morgan fingerprint density at radius 2 is 0.278 bits per heavy atom. The van der Waals surface area contributed by atoms with E-state index in [0.717, 1.165) is 0 Å². The number of hydrogen-bond donors (Lipinski definition) is 0. The molecular formula is C36H78. The van der Waals surface area contributed by atoms with Gasteiger partial charge in [-0.05, 0) is 0 Å². The summed E-state index contributed by atoms with van der Waals surface area (Å²) in [5, 5.41) is 0. The van der Waals surface area contributed by atoms with Crippen molar-refractivity contribution in [3.63, 3.8) is 0 Å². The van der Waals surface area contributed by atoms with Crippen LogP contribution in [-0.4, -0.2) is 0 Å². The van der Waals surface area contributed by atoms with Crippen LogP contribution in [0.5, 0.6) is 0 Å². The molecule has 3 rings (SSSR count). The summed E-state index contributed by atoms with van der Waals surface area (Å²) >= 11 is 0. The molecule has 0 amide bonds. The molecule has 3 aliphatic rings. The largest absolute Gasteiger partial charge is 0.0654 e. The van der Waals surface area contributed by atoms with E-state index < -0.39 is 0 Å². The second-order valence-corrected chi connectivity index (χ2v) is 11.5. The second kappa shape index (κ2) is 45.0. The first kappa shape index (κ1) is 40.5. The Morgan fingerprint density at radius 1 is 0.194 bits per heavy atom. The fraction of sp³-hybridized carbons (Fsp3) is 1.00. The highest BCUT2D eigenvalue weighted by atomic mass is 14.0. The SMILES string of the molecule is C1CCCCC1.C1CCCCC1.C1CCCCC1.CCCCCC.CCCCCC.CCCCCC. The molecule has 0 aromatic carbocycles. The maximum atomic E-state index is 2.23. The van der Waals surface area contributed by atoms with E-state index in [2.05, 4.69) is 41.5 Å². The van der Waals surface area contributed by atoms with Gasteiger partial charge in [0.1, 0.15) is 0 Å². The van der Waals surface area contributed by atoms with Crippen LogP contribution in [0.1, 0.15) is 234 Å². The van der Waals surface area contributed by atoms with E-state index in [9.17, 15) is 0 Å². The van der Waals surface area contributed by atoms with Gasteiger partial charge < -0.3 is 0 Å². The molecule has 0 spiro atoms. The van der Waals surface area contributed by atoms with Gasteiger partial charge in [-0.3, -0.25) is 0 Å². The van der Waals surface area contributed by atoms with Crippen LogP contribution >= 0.6 is 0 Å². The molecule has 0 aliphatic heterocycles. The minimum atomic E-state index is 1.36. The monoisotopic (exact) mass is 511 g/mol. The third kappa shape index (κ3) is 50.8. The first-order chi connectivity index (χ1) is 17.7. The van der Waals surface area contributed by atoms with Gasteiger partial charge in [0.25, 0.3) is 0 Å². The fourth-order valence-corrected chi connectivity index (χ4v) is 4.68. The summed E-state index contributed by atoms with van der Waals surface area (Å²) in [5.74, 6) is 0. The highest BCUT2D eigenvalue weighted by molar-refractivity contribution is 4.52. The molecule has 36 heavy (non-hydrogen) atoms. The van der Waals surface area contributed by atoms with Crippen molar-refractivity contribution in [2.24, 2.45) is 0 Å². The van der Waals surface area contributed by atoms with Crippen LogP contribution in [0.4, 0.5) is 0 Å². The molecule has 3 saturated carbocycles. The predicted molar refractivity (Wildman–Crippen MR) is 173 cm³/mol.